The quantitative estimate of drug-likeness (QED) is 0.823. The zero-order valence-corrected chi connectivity index (χ0v) is 11.1. The van der Waals surface area contributed by atoms with Crippen LogP contribution in [-0.4, -0.2) is 11.8 Å². The molecule has 1 unspecified atom stereocenters. The van der Waals surface area contributed by atoms with Crippen LogP contribution >= 0.6 is 0 Å². The van der Waals surface area contributed by atoms with E-state index in [0.717, 1.165) is 30.5 Å². The summed E-state index contributed by atoms with van der Waals surface area (Å²) in [5, 5.41) is 4.12. The molecule has 0 saturated heterocycles. The first-order valence-electron chi connectivity index (χ1n) is 6.84. The standard InChI is InChI=1S/C17H16FNO/c18-15-9-7-14(8-10-15)17-12-16(20-19-17)11-6-13-4-2-1-3-5-13/h1-5,7-10,16H,6,11-12H2. The molecule has 0 bridgehead atoms. The molecule has 0 saturated carbocycles. The van der Waals surface area contributed by atoms with Crippen molar-refractivity contribution in [2.24, 2.45) is 5.16 Å². The second-order valence-corrected chi connectivity index (χ2v) is 5.00. The Kier molecular flexibility index (Phi) is 3.77. The van der Waals surface area contributed by atoms with Gasteiger partial charge in [-0.05, 0) is 36.1 Å². The first kappa shape index (κ1) is 12.9. The van der Waals surface area contributed by atoms with Crippen LogP contribution in [0.4, 0.5) is 4.39 Å². The maximum Gasteiger partial charge on any atom is 0.133 e. The molecule has 0 aliphatic carbocycles. The van der Waals surface area contributed by atoms with Gasteiger partial charge in [0.1, 0.15) is 11.9 Å². The van der Waals surface area contributed by atoms with Crippen molar-refractivity contribution in [3.8, 4) is 0 Å². The Hall–Kier alpha value is -2.16. The van der Waals surface area contributed by atoms with Crippen molar-refractivity contribution in [2.45, 2.75) is 25.4 Å². The Morgan fingerprint density at radius 2 is 1.80 bits per heavy atom. The number of rotatable bonds is 4. The van der Waals surface area contributed by atoms with Gasteiger partial charge in [0, 0.05) is 6.42 Å². The van der Waals surface area contributed by atoms with Crippen LogP contribution < -0.4 is 0 Å². The van der Waals surface area contributed by atoms with Gasteiger partial charge in [-0.15, -0.1) is 0 Å². The third kappa shape index (κ3) is 3.05. The van der Waals surface area contributed by atoms with Crippen molar-refractivity contribution < 1.29 is 9.23 Å². The molecule has 0 fully saturated rings. The van der Waals surface area contributed by atoms with E-state index in [4.69, 9.17) is 4.84 Å². The fraction of sp³-hybridized carbons (Fsp3) is 0.235. The smallest absolute Gasteiger partial charge is 0.133 e. The van der Waals surface area contributed by atoms with Crippen molar-refractivity contribution in [1.82, 2.24) is 0 Å². The maximum absolute atomic E-state index is 12.9. The Labute approximate surface area is 117 Å². The Morgan fingerprint density at radius 3 is 2.55 bits per heavy atom. The molecule has 20 heavy (non-hydrogen) atoms. The van der Waals surface area contributed by atoms with Crippen molar-refractivity contribution in [3.63, 3.8) is 0 Å². The molecule has 3 heteroatoms. The lowest BCUT2D eigenvalue weighted by atomic mass is 10.0. The van der Waals surface area contributed by atoms with E-state index >= 15 is 0 Å². The van der Waals surface area contributed by atoms with Crippen LogP contribution in [0.1, 0.15) is 24.0 Å². The van der Waals surface area contributed by atoms with Gasteiger partial charge < -0.3 is 4.84 Å². The van der Waals surface area contributed by atoms with E-state index in [1.165, 1.54) is 17.7 Å². The Bertz CT molecular complexity index is 592. The third-order valence-electron chi connectivity index (χ3n) is 3.51. The fourth-order valence-corrected chi connectivity index (χ4v) is 2.37. The van der Waals surface area contributed by atoms with Crippen molar-refractivity contribution in [1.29, 1.82) is 0 Å². The topological polar surface area (TPSA) is 21.6 Å². The van der Waals surface area contributed by atoms with Crippen molar-refractivity contribution >= 4 is 5.71 Å². The van der Waals surface area contributed by atoms with E-state index in [1.807, 2.05) is 18.2 Å². The Morgan fingerprint density at radius 1 is 1.05 bits per heavy atom. The van der Waals surface area contributed by atoms with E-state index in [9.17, 15) is 4.39 Å². The van der Waals surface area contributed by atoms with Crippen LogP contribution in [0, 0.1) is 5.82 Å². The number of oxime groups is 1. The average molecular weight is 269 g/mol. The summed E-state index contributed by atoms with van der Waals surface area (Å²) in [6, 6.07) is 16.8. The van der Waals surface area contributed by atoms with E-state index in [-0.39, 0.29) is 11.9 Å². The Balaban J connectivity index is 1.55. The van der Waals surface area contributed by atoms with Crippen molar-refractivity contribution in [3.05, 3.63) is 71.5 Å². The molecule has 0 radical (unpaired) electrons. The molecule has 102 valence electrons. The summed E-state index contributed by atoms with van der Waals surface area (Å²) in [6.07, 6.45) is 2.84. The molecule has 0 N–H and O–H groups in total. The summed E-state index contributed by atoms with van der Waals surface area (Å²) < 4.78 is 12.9. The van der Waals surface area contributed by atoms with Gasteiger partial charge in [0.25, 0.3) is 0 Å². The molecular weight excluding hydrogens is 253 g/mol. The number of hydrogen-bond donors (Lipinski definition) is 0. The highest BCUT2D eigenvalue weighted by Crippen LogP contribution is 2.20. The van der Waals surface area contributed by atoms with Gasteiger partial charge in [-0.1, -0.05) is 47.6 Å². The summed E-state index contributed by atoms with van der Waals surface area (Å²) in [5.74, 6) is -0.228. The SMILES string of the molecule is Fc1ccc(C2=NOC(CCc3ccccc3)C2)cc1. The molecule has 1 atom stereocenters. The van der Waals surface area contributed by atoms with Gasteiger partial charge in [-0.25, -0.2) is 4.39 Å². The number of hydrogen-bond acceptors (Lipinski definition) is 2. The van der Waals surface area contributed by atoms with Crippen LogP contribution in [-0.2, 0) is 11.3 Å². The zero-order valence-electron chi connectivity index (χ0n) is 11.1. The van der Waals surface area contributed by atoms with Gasteiger partial charge in [0.15, 0.2) is 0 Å². The van der Waals surface area contributed by atoms with Crippen LogP contribution in [0.5, 0.6) is 0 Å². The van der Waals surface area contributed by atoms with E-state index in [1.54, 1.807) is 12.1 Å². The molecule has 1 heterocycles. The summed E-state index contributed by atoms with van der Waals surface area (Å²) >= 11 is 0. The predicted molar refractivity (Wildman–Crippen MR) is 77.2 cm³/mol. The summed E-state index contributed by atoms with van der Waals surface area (Å²) in [5.41, 5.74) is 3.16. The lowest BCUT2D eigenvalue weighted by Gasteiger charge is -2.07. The molecule has 1 aliphatic rings. The molecule has 3 rings (SSSR count). The molecule has 0 amide bonds. The lowest BCUT2D eigenvalue weighted by molar-refractivity contribution is 0.0794. The molecule has 2 aromatic rings. The van der Waals surface area contributed by atoms with Crippen LogP contribution in [0.2, 0.25) is 0 Å². The first-order chi connectivity index (χ1) is 9.81. The minimum absolute atomic E-state index is 0.121. The number of benzene rings is 2. The zero-order chi connectivity index (χ0) is 13.8. The second-order valence-electron chi connectivity index (χ2n) is 5.00. The number of nitrogens with zero attached hydrogens (tertiary/aromatic N) is 1. The van der Waals surface area contributed by atoms with Gasteiger partial charge >= 0.3 is 0 Å². The highest BCUT2D eigenvalue weighted by Gasteiger charge is 2.21. The van der Waals surface area contributed by atoms with Gasteiger partial charge in [-0.3, -0.25) is 0 Å². The monoisotopic (exact) mass is 269 g/mol. The lowest BCUT2D eigenvalue weighted by Crippen LogP contribution is -2.09. The minimum Gasteiger partial charge on any atom is -0.392 e. The third-order valence-corrected chi connectivity index (χ3v) is 3.51. The van der Waals surface area contributed by atoms with Gasteiger partial charge in [0.2, 0.25) is 0 Å². The molecule has 1 aliphatic heterocycles. The highest BCUT2D eigenvalue weighted by molar-refractivity contribution is 6.01. The maximum atomic E-state index is 12.9. The minimum atomic E-state index is -0.228. The number of aryl methyl sites for hydroxylation is 1. The molecule has 2 nitrogen and oxygen atoms in total. The van der Waals surface area contributed by atoms with E-state index < -0.39 is 0 Å². The van der Waals surface area contributed by atoms with Crippen molar-refractivity contribution in [2.75, 3.05) is 0 Å². The largest absolute Gasteiger partial charge is 0.392 e. The molecule has 0 aromatic heterocycles. The van der Waals surface area contributed by atoms with E-state index in [2.05, 4.69) is 17.3 Å². The molecule has 0 spiro atoms. The number of halogens is 1. The van der Waals surface area contributed by atoms with Crippen LogP contribution in [0.15, 0.2) is 59.8 Å². The summed E-state index contributed by atoms with van der Waals surface area (Å²) in [7, 11) is 0. The molecular formula is C17H16FNO. The summed E-state index contributed by atoms with van der Waals surface area (Å²) in [6.45, 7) is 0. The predicted octanol–water partition coefficient (Wildman–Crippen LogP) is 3.95. The van der Waals surface area contributed by atoms with Crippen LogP contribution in [0.3, 0.4) is 0 Å². The van der Waals surface area contributed by atoms with Crippen LogP contribution in [0.25, 0.3) is 0 Å². The fourth-order valence-electron chi connectivity index (χ4n) is 2.37. The summed E-state index contributed by atoms with van der Waals surface area (Å²) in [4.78, 5) is 5.47. The first-order valence-corrected chi connectivity index (χ1v) is 6.84. The normalized spacial score (nSPS) is 17.6. The second kappa shape index (κ2) is 5.87. The average Bonchev–Trinajstić information content (AvgIpc) is 2.96. The van der Waals surface area contributed by atoms with Gasteiger partial charge in [-0.2, -0.15) is 0 Å². The molecule has 2 aromatic carbocycles. The van der Waals surface area contributed by atoms with E-state index in [0.29, 0.717) is 0 Å². The highest BCUT2D eigenvalue weighted by atomic mass is 19.1. The van der Waals surface area contributed by atoms with Gasteiger partial charge in [0.05, 0.1) is 5.71 Å².